The summed E-state index contributed by atoms with van der Waals surface area (Å²) in [6, 6.07) is 5.54. The SMILES string of the molecule is COc1ccc(OC)c(NC(=O)c2c(C)nc3c(Cl)cc(C(F)(F)F)cn23)c1. The van der Waals surface area contributed by atoms with Crippen LogP contribution in [0.2, 0.25) is 5.02 Å². The van der Waals surface area contributed by atoms with Crippen molar-refractivity contribution in [3.8, 4) is 11.5 Å². The summed E-state index contributed by atoms with van der Waals surface area (Å²) < 4.78 is 50.8. The molecule has 0 aliphatic heterocycles. The van der Waals surface area contributed by atoms with Crippen molar-refractivity contribution in [2.24, 2.45) is 0 Å². The molecule has 0 atom stereocenters. The second kappa shape index (κ2) is 7.23. The number of methoxy groups -OCH3 is 2. The molecule has 2 aromatic heterocycles. The molecule has 0 saturated carbocycles. The van der Waals surface area contributed by atoms with Crippen LogP contribution >= 0.6 is 11.6 Å². The van der Waals surface area contributed by atoms with E-state index in [1.807, 2.05) is 0 Å². The normalized spacial score (nSPS) is 11.5. The maximum absolute atomic E-state index is 13.1. The molecule has 28 heavy (non-hydrogen) atoms. The number of hydrogen-bond donors (Lipinski definition) is 1. The van der Waals surface area contributed by atoms with Crippen molar-refractivity contribution in [3.63, 3.8) is 0 Å². The van der Waals surface area contributed by atoms with Crippen LogP contribution in [0.4, 0.5) is 18.9 Å². The number of carbonyl (C=O) groups is 1. The molecule has 0 bridgehead atoms. The summed E-state index contributed by atoms with van der Waals surface area (Å²) in [6.07, 6.45) is -3.83. The summed E-state index contributed by atoms with van der Waals surface area (Å²) in [5, 5.41) is 2.41. The van der Waals surface area contributed by atoms with Crippen LogP contribution in [0.1, 0.15) is 21.7 Å². The average molecular weight is 414 g/mol. The zero-order chi connectivity index (χ0) is 20.6. The number of amides is 1. The number of ether oxygens (including phenoxy) is 2. The fraction of sp³-hybridized carbons (Fsp3) is 0.222. The molecule has 0 aliphatic carbocycles. The largest absolute Gasteiger partial charge is 0.497 e. The van der Waals surface area contributed by atoms with Crippen LogP contribution in [-0.4, -0.2) is 29.5 Å². The van der Waals surface area contributed by atoms with Gasteiger partial charge in [0, 0.05) is 12.3 Å². The fourth-order valence-corrected chi connectivity index (χ4v) is 2.99. The van der Waals surface area contributed by atoms with Crippen LogP contribution in [-0.2, 0) is 6.18 Å². The number of aromatic nitrogens is 2. The number of alkyl halides is 3. The molecule has 0 saturated heterocycles. The molecule has 1 aromatic carbocycles. The van der Waals surface area contributed by atoms with Gasteiger partial charge < -0.3 is 14.8 Å². The zero-order valence-electron chi connectivity index (χ0n) is 15.0. The Morgan fingerprint density at radius 3 is 2.54 bits per heavy atom. The van der Waals surface area contributed by atoms with Gasteiger partial charge in [-0.3, -0.25) is 9.20 Å². The Labute approximate surface area is 162 Å². The van der Waals surface area contributed by atoms with Crippen LogP contribution in [0.25, 0.3) is 5.65 Å². The van der Waals surface area contributed by atoms with Crippen molar-refractivity contribution in [1.29, 1.82) is 0 Å². The van der Waals surface area contributed by atoms with Crippen molar-refractivity contribution in [1.82, 2.24) is 9.38 Å². The highest BCUT2D eigenvalue weighted by molar-refractivity contribution is 6.33. The van der Waals surface area contributed by atoms with Gasteiger partial charge in [-0.1, -0.05) is 11.6 Å². The smallest absolute Gasteiger partial charge is 0.417 e. The topological polar surface area (TPSA) is 64.9 Å². The maximum atomic E-state index is 13.1. The van der Waals surface area contributed by atoms with Crippen molar-refractivity contribution >= 4 is 28.8 Å². The van der Waals surface area contributed by atoms with Gasteiger partial charge in [0.25, 0.3) is 5.91 Å². The monoisotopic (exact) mass is 413 g/mol. The first kappa shape index (κ1) is 19.8. The number of fused-ring (bicyclic) bond motifs is 1. The van der Waals surface area contributed by atoms with Crippen LogP contribution in [0.15, 0.2) is 30.5 Å². The van der Waals surface area contributed by atoms with Gasteiger partial charge in [-0.15, -0.1) is 0 Å². The van der Waals surface area contributed by atoms with Crippen molar-refractivity contribution in [2.45, 2.75) is 13.1 Å². The quantitative estimate of drug-likeness (QED) is 0.679. The summed E-state index contributed by atoms with van der Waals surface area (Å²) in [4.78, 5) is 17.0. The van der Waals surface area contributed by atoms with Crippen LogP contribution in [0.3, 0.4) is 0 Å². The van der Waals surface area contributed by atoms with E-state index in [0.29, 0.717) is 17.2 Å². The van der Waals surface area contributed by atoms with Gasteiger partial charge in [-0.2, -0.15) is 13.2 Å². The van der Waals surface area contributed by atoms with E-state index in [-0.39, 0.29) is 22.1 Å². The molecule has 0 fully saturated rings. The first-order valence-corrected chi connectivity index (χ1v) is 8.32. The number of hydrogen-bond acceptors (Lipinski definition) is 4. The van der Waals surface area contributed by atoms with Crippen LogP contribution in [0.5, 0.6) is 11.5 Å². The van der Waals surface area contributed by atoms with E-state index in [1.54, 1.807) is 12.1 Å². The number of carbonyl (C=O) groups excluding carboxylic acids is 1. The Hall–Kier alpha value is -2.94. The standard InChI is InChI=1S/C18H15ClF3N3O3/c1-9-15(17(26)24-13-7-11(27-2)4-5-14(13)28-3)25-8-10(18(20,21)22)6-12(19)16(25)23-9/h4-8H,1-3H3,(H,24,26). The van der Waals surface area contributed by atoms with Crippen LogP contribution in [0, 0.1) is 6.92 Å². The lowest BCUT2D eigenvalue weighted by molar-refractivity contribution is -0.137. The van der Waals surface area contributed by atoms with E-state index in [1.165, 1.54) is 27.2 Å². The van der Waals surface area contributed by atoms with Gasteiger partial charge >= 0.3 is 6.18 Å². The summed E-state index contributed by atoms with van der Waals surface area (Å²) in [6.45, 7) is 1.51. The zero-order valence-corrected chi connectivity index (χ0v) is 15.8. The predicted octanol–water partition coefficient (Wildman–Crippen LogP) is 4.58. The van der Waals surface area contributed by atoms with Crippen molar-refractivity contribution in [3.05, 3.63) is 52.4 Å². The fourth-order valence-electron chi connectivity index (χ4n) is 2.74. The Kier molecular flexibility index (Phi) is 5.12. The van der Waals surface area contributed by atoms with Gasteiger partial charge in [0.2, 0.25) is 0 Å². The molecule has 3 rings (SSSR count). The minimum absolute atomic E-state index is 0.0509. The second-order valence-electron chi connectivity index (χ2n) is 5.83. The van der Waals surface area contributed by atoms with Gasteiger partial charge in [0.1, 0.15) is 17.2 Å². The van der Waals surface area contributed by atoms with E-state index < -0.39 is 17.6 Å². The molecule has 10 heteroatoms. The summed E-state index contributed by atoms with van der Waals surface area (Å²) in [5.41, 5.74) is -0.502. The van der Waals surface area contributed by atoms with Gasteiger partial charge in [-0.05, 0) is 25.1 Å². The molecule has 148 valence electrons. The minimum Gasteiger partial charge on any atom is -0.497 e. The highest BCUT2D eigenvalue weighted by Crippen LogP contribution is 2.34. The molecule has 0 unspecified atom stereocenters. The van der Waals surface area contributed by atoms with E-state index in [4.69, 9.17) is 21.1 Å². The molecule has 1 N–H and O–H groups in total. The van der Waals surface area contributed by atoms with Crippen molar-refractivity contribution in [2.75, 3.05) is 19.5 Å². The second-order valence-corrected chi connectivity index (χ2v) is 6.24. The van der Waals surface area contributed by atoms with Gasteiger partial charge in [0.15, 0.2) is 5.65 Å². The third-order valence-corrected chi connectivity index (χ3v) is 4.32. The number of benzene rings is 1. The molecule has 0 radical (unpaired) electrons. The maximum Gasteiger partial charge on any atom is 0.417 e. The Bertz CT molecular complexity index is 1060. The molecule has 6 nitrogen and oxygen atoms in total. The number of rotatable bonds is 4. The van der Waals surface area contributed by atoms with E-state index in [0.717, 1.165) is 16.7 Å². The number of halogens is 4. The predicted molar refractivity (Wildman–Crippen MR) is 97.4 cm³/mol. The number of pyridine rings is 1. The lowest BCUT2D eigenvalue weighted by Gasteiger charge is -2.13. The molecule has 0 spiro atoms. The first-order chi connectivity index (χ1) is 13.2. The Morgan fingerprint density at radius 1 is 1.21 bits per heavy atom. The molecule has 1 amide bonds. The number of nitrogens with zero attached hydrogens (tertiary/aromatic N) is 2. The Balaban J connectivity index is 2.10. The third kappa shape index (κ3) is 3.57. The highest BCUT2D eigenvalue weighted by Gasteiger charge is 2.33. The number of aryl methyl sites for hydroxylation is 1. The minimum atomic E-state index is -4.63. The molecule has 3 aromatic rings. The van der Waals surface area contributed by atoms with E-state index >= 15 is 0 Å². The van der Waals surface area contributed by atoms with E-state index in [9.17, 15) is 18.0 Å². The molecular formula is C18H15ClF3N3O3. The number of nitrogens with one attached hydrogen (secondary N) is 1. The molecule has 2 heterocycles. The lowest BCUT2D eigenvalue weighted by Crippen LogP contribution is -2.17. The summed E-state index contributed by atoms with van der Waals surface area (Å²) >= 11 is 5.95. The summed E-state index contributed by atoms with van der Waals surface area (Å²) in [7, 11) is 2.88. The third-order valence-electron chi connectivity index (χ3n) is 4.05. The highest BCUT2D eigenvalue weighted by atomic mass is 35.5. The lowest BCUT2D eigenvalue weighted by atomic mass is 10.2. The average Bonchev–Trinajstić information content (AvgIpc) is 2.97. The van der Waals surface area contributed by atoms with Crippen molar-refractivity contribution < 1.29 is 27.4 Å². The van der Waals surface area contributed by atoms with Crippen LogP contribution < -0.4 is 14.8 Å². The molecule has 0 aliphatic rings. The van der Waals surface area contributed by atoms with Gasteiger partial charge in [-0.25, -0.2) is 4.98 Å². The summed E-state index contributed by atoms with van der Waals surface area (Å²) in [5.74, 6) is 0.148. The number of imidazole rings is 1. The first-order valence-electron chi connectivity index (χ1n) is 7.94. The van der Waals surface area contributed by atoms with E-state index in [2.05, 4.69) is 10.3 Å². The van der Waals surface area contributed by atoms with Gasteiger partial charge in [0.05, 0.1) is 36.2 Å². The Morgan fingerprint density at radius 2 is 1.93 bits per heavy atom. The molecular weight excluding hydrogens is 399 g/mol. The number of anilines is 1.